The lowest BCUT2D eigenvalue weighted by molar-refractivity contribution is 0.0938. The van der Waals surface area contributed by atoms with Crippen LogP contribution in [0.15, 0.2) is 0 Å². The molecule has 1 aromatic heterocycles. The van der Waals surface area contributed by atoms with Gasteiger partial charge < -0.3 is 5.32 Å². The summed E-state index contributed by atoms with van der Waals surface area (Å²) in [5.41, 5.74) is 0. The molecule has 0 bridgehead atoms. The molecule has 82 valence electrons. The number of carbonyl (C=O) groups excluding carboxylic acids is 1. The molecule has 0 radical (unpaired) electrons. The third-order valence-electron chi connectivity index (χ3n) is 2.70. The highest BCUT2D eigenvalue weighted by molar-refractivity contribution is 5.90. The molecule has 2 atom stereocenters. The van der Waals surface area contributed by atoms with E-state index in [0.717, 1.165) is 6.42 Å². The molecular weight excluding hydrogens is 192 g/mol. The Balaban J connectivity index is 1.84. The predicted molar refractivity (Wildman–Crippen MR) is 55.4 cm³/mol. The van der Waals surface area contributed by atoms with Gasteiger partial charge in [0.15, 0.2) is 0 Å². The minimum absolute atomic E-state index is 0.164. The van der Waals surface area contributed by atoms with Crippen molar-refractivity contribution in [2.24, 2.45) is 5.92 Å². The second-order valence-electron chi connectivity index (χ2n) is 4.11. The standard InChI is InChI=1S/C10H16N4O/c1-3-4-7-5-8(7)12-10(15)9-11-6(2)13-14-9/h7-8H,3-5H2,1-2H3,(H,12,15)(H,11,13,14). The lowest BCUT2D eigenvalue weighted by Crippen LogP contribution is -2.27. The first-order valence-corrected chi connectivity index (χ1v) is 5.40. The van der Waals surface area contributed by atoms with Crippen molar-refractivity contribution in [3.8, 4) is 0 Å². The van der Waals surface area contributed by atoms with E-state index >= 15 is 0 Å². The molecule has 2 rings (SSSR count). The molecule has 1 saturated carbocycles. The number of rotatable bonds is 4. The zero-order chi connectivity index (χ0) is 10.8. The molecule has 1 fully saturated rings. The molecule has 1 heterocycles. The van der Waals surface area contributed by atoms with Crippen molar-refractivity contribution < 1.29 is 4.79 Å². The fourth-order valence-electron chi connectivity index (χ4n) is 1.79. The van der Waals surface area contributed by atoms with E-state index in [-0.39, 0.29) is 11.7 Å². The number of H-pyrrole nitrogens is 1. The summed E-state index contributed by atoms with van der Waals surface area (Å²) >= 11 is 0. The molecule has 0 aromatic carbocycles. The Morgan fingerprint density at radius 2 is 2.47 bits per heavy atom. The molecule has 0 saturated heterocycles. The summed E-state index contributed by atoms with van der Waals surface area (Å²) < 4.78 is 0. The maximum absolute atomic E-state index is 11.6. The van der Waals surface area contributed by atoms with Crippen molar-refractivity contribution >= 4 is 5.91 Å². The average Bonchev–Trinajstić information content (AvgIpc) is 2.76. The number of aromatic nitrogens is 3. The van der Waals surface area contributed by atoms with Crippen molar-refractivity contribution in [1.29, 1.82) is 0 Å². The van der Waals surface area contributed by atoms with E-state index < -0.39 is 0 Å². The van der Waals surface area contributed by atoms with Crippen molar-refractivity contribution in [3.05, 3.63) is 11.6 Å². The number of aromatic amines is 1. The molecule has 0 spiro atoms. The van der Waals surface area contributed by atoms with Crippen LogP contribution in [0.1, 0.15) is 42.6 Å². The number of carbonyl (C=O) groups is 1. The number of aryl methyl sites for hydroxylation is 1. The molecule has 5 nitrogen and oxygen atoms in total. The fraction of sp³-hybridized carbons (Fsp3) is 0.700. The van der Waals surface area contributed by atoms with Crippen LogP contribution in [0.25, 0.3) is 0 Å². The van der Waals surface area contributed by atoms with E-state index in [2.05, 4.69) is 27.4 Å². The van der Waals surface area contributed by atoms with E-state index in [9.17, 15) is 4.79 Å². The summed E-state index contributed by atoms with van der Waals surface area (Å²) in [6.45, 7) is 3.94. The van der Waals surface area contributed by atoms with E-state index in [4.69, 9.17) is 0 Å². The molecule has 1 aliphatic rings. The van der Waals surface area contributed by atoms with Gasteiger partial charge in [-0.15, -0.1) is 5.10 Å². The lowest BCUT2D eigenvalue weighted by atomic mass is 10.2. The molecule has 1 aromatic rings. The number of hydrogen-bond acceptors (Lipinski definition) is 3. The molecule has 1 aliphatic carbocycles. The second kappa shape index (κ2) is 4.00. The Morgan fingerprint density at radius 1 is 1.67 bits per heavy atom. The summed E-state index contributed by atoms with van der Waals surface area (Å²) in [5.74, 6) is 1.41. The minimum Gasteiger partial charge on any atom is -0.346 e. The van der Waals surface area contributed by atoms with Crippen LogP contribution in [-0.4, -0.2) is 27.1 Å². The van der Waals surface area contributed by atoms with Crippen molar-refractivity contribution in [1.82, 2.24) is 20.5 Å². The van der Waals surface area contributed by atoms with Crippen LogP contribution in [0, 0.1) is 12.8 Å². The molecular formula is C10H16N4O. The van der Waals surface area contributed by atoms with E-state index in [1.807, 2.05) is 0 Å². The number of nitrogens with zero attached hydrogens (tertiary/aromatic N) is 2. The number of nitrogens with one attached hydrogen (secondary N) is 2. The Bertz CT molecular complexity index is 360. The summed E-state index contributed by atoms with van der Waals surface area (Å²) in [6, 6.07) is 0.344. The van der Waals surface area contributed by atoms with Crippen molar-refractivity contribution in [3.63, 3.8) is 0 Å². The third kappa shape index (κ3) is 2.34. The summed E-state index contributed by atoms with van der Waals surface area (Å²) in [6.07, 6.45) is 3.47. The Kier molecular flexibility index (Phi) is 2.70. The highest BCUT2D eigenvalue weighted by Crippen LogP contribution is 2.34. The molecule has 1 amide bonds. The topological polar surface area (TPSA) is 70.7 Å². The van der Waals surface area contributed by atoms with Crippen LogP contribution in [0.5, 0.6) is 0 Å². The van der Waals surface area contributed by atoms with Gasteiger partial charge in [0.25, 0.3) is 5.91 Å². The predicted octanol–water partition coefficient (Wildman–Crippen LogP) is 1.03. The molecule has 0 aliphatic heterocycles. The summed E-state index contributed by atoms with van der Waals surface area (Å²) in [4.78, 5) is 15.6. The Morgan fingerprint density at radius 3 is 3.07 bits per heavy atom. The van der Waals surface area contributed by atoms with Crippen LogP contribution in [0.2, 0.25) is 0 Å². The van der Waals surface area contributed by atoms with Gasteiger partial charge in [0.2, 0.25) is 5.82 Å². The first-order valence-electron chi connectivity index (χ1n) is 5.40. The second-order valence-corrected chi connectivity index (χ2v) is 4.11. The maximum atomic E-state index is 11.6. The minimum atomic E-state index is -0.164. The Labute approximate surface area is 88.7 Å². The summed E-state index contributed by atoms with van der Waals surface area (Å²) in [7, 11) is 0. The highest BCUT2D eigenvalue weighted by Gasteiger charge is 2.37. The van der Waals surface area contributed by atoms with E-state index in [1.165, 1.54) is 12.8 Å². The largest absolute Gasteiger partial charge is 0.346 e. The van der Waals surface area contributed by atoms with Gasteiger partial charge in [-0.1, -0.05) is 13.3 Å². The molecule has 5 heteroatoms. The quantitative estimate of drug-likeness (QED) is 0.776. The fourth-order valence-corrected chi connectivity index (χ4v) is 1.79. The zero-order valence-electron chi connectivity index (χ0n) is 9.08. The molecule has 2 N–H and O–H groups in total. The number of amides is 1. The van der Waals surface area contributed by atoms with Crippen molar-refractivity contribution in [2.75, 3.05) is 0 Å². The van der Waals surface area contributed by atoms with Crippen molar-refractivity contribution in [2.45, 2.75) is 39.2 Å². The first-order chi connectivity index (χ1) is 7.20. The maximum Gasteiger partial charge on any atom is 0.291 e. The zero-order valence-corrected chi connectivity index (χ0v) is 9.08. The average molecular weight is 208 g/mol. The van der Waals surface area contributed by atoms with Crippen LogP contribution < -0.4 is 5.32 Å². The normalized spacial score (nSPS) is 23.9. The van der Waals surface area contributed by atoms with E-state index in [0.29, 0.717) is 17.8 Å². The van der Waals surface area contributed by atoms with Gasteiger partial charge >= 0.3 is 0 Å². The lowest BCUT2D eigenvalue weighted by Gasteiger charge is -2.00. The third-order valence-corrected chi connectivity index (χ3v) is 2.70. The Hall–Kier alpha value is -1.39. The van der Waals surface area contributed by atoms with Gasteiger partial charge in [0.1, 0.15) is 5.82 Å². The molecule has 15 heavy (non-hydrogen) atoms. The number of hydrogen-bond donors (Lipinski definition) is 2. The van der Waals surface area contributed by atoms with Gasteiger partial charge in [0.05, 0.1) is 0 Å². The smallest absolute Gasteiger partial charge is 0.291 e. The van der Waals surface area contributed by atoms with Gasteiger partial charge in [-0.05, 0) is 25.7 Å². The van der Waals surface area contributed by atoms with Gasteiger partial charge in [0, 0.05) is 6.04 Å². The van der Waals surface area contributed by atoms with Gasteiger partial charge in [-0.25, -0.2) is 4.98 Å². The highest BCUT2D eigenvalue weighted by atomic mass is 16.2. The van der Waals surface area contributed by atoms with Crippen LogP contribution >= 0.6 is 0 Å². The SMILES string of the molecule is CCCC1CC1NC(=O)c1n[nH]c(C)n1. The summed E-state index contributed by atoms with van der Waals surface area (Å²) in [5, 5.41) is 9.41. The monoisotopic (exact) mass is 208 g/mol. The molecule has 2 unspecified atom stereocenters. The van der Waals surface area contributed by atoms with Gasteiger partial charge in [-0.3, -0.25) is 9.89 Å². The van der Waals surface area contributed by atoms with Gasteiger partial charge in [-0.2, -0.15) is 0 Å². The first kappa shape index (κ1) is 10.1. The van der Waals surface area contributed by atoms with E-state index in [1.54, 1.807) is 6.92 Å². The van der Waals surface area contributed by atoms with Crippen LogP contribution in [0.3, 0.4) is 0 Å². The van der Waals surface area contributed by atoms with Crippen LogP contribution in [0.4, 0.5) is 0 Å². The van der Waals surface area contributed by atoms with Crippen LogP contribution in [-0.2, 0) is 0 Å².